The number of rotatable bonds is 2. The minimum Gasteiger partial charge on any atom is -0.305 e. The van der Waals surface area contributed by atoms with E-state index in [4.69, 9.17) is 5.26 Å². The summed E-state index contributed by atoms with van der Waals surface area (Å²) in [5.41, 5.74) is -1.19. The fraction of sp³-hybridized carbons (Fsp3) is 0.200. The lowest BCUT2D eigenvalue weighted by molar-refractivity contribution is -0.233. The normalized spacial score (nSPS) is 11.8. The molecule has 0 bridgehead atoms. The largest absolute Gasteiger partial charge is 0.420 e. The maximum Gasteiger partial charge on any atom is 0.420 e. The van der Waals surface area contributed by atoms with E-state index in [-0.39, 0.29) is 15.8 Å². The molecule has 0 saturated carbocycles. The third-order valence-electron chi connectivity index (χ3n) is 2.30. The predicted octanol–water partition coefficient (Wildman–Crippen LogP) is 2.67. The second kappa shape index (κ2) is 4.82. The Bertz CT molecular complexity index is 639. The first kappa shape index (κ1) is 13.8. The average molecular weight is 339 g/mol. The Hall–Kier alpha value is -1.61. The van der Waals surface area contributed by atoms with Crippen LogP contribution < -0.4 is 0 Å². The zero-order valence-corrected chi connectivity index (χ0v) is 10.7. The van der Waals surface area contributed by atoms with E-state index >= 15 is 0 Å². The molecule has 0 saturated heterocycles. The number of alkyl halides is 3. The summed E-state index contributed by atoms with van der Waals surface area (Å²) in [4.78, 5) is 18.0. The van der Waals surface area contributed by atoms with Crippen LogP contribution in [0, 0.1) is 0 Å². The van der Waals surface area contributed by atoms with Crippen LogP contribution >= 0.6 is 15.9 Å². The van der Waals surface area contributed by atoms with Crippen LogP contribution in [0.2, 0.25) is 0 Å². The lowest BCUT2D eigenvalue weighted by atomic mass is 10.2. The van der Waals surface area contributed by atoms with Gasteiger partial charge in [-0.2, -0.15) is 18.4 Å². The van der Waals surface area contributed by atoms with Gasteiger partial charge in [-0.3, -0.25) is 0 Å². The molecule has 102 valence electrons. The highest BCUT2D eigenvalue weighted by Gasteiger charge is 2.34. The Morgan fingerprint density at radius 3 is 2.74 bits per heavy atom. The summed E-state index contributed by atoms with van der Waals surface area (Å²) in [5.74, 6) is -1.00. The SMILES string of the molecule is O=C(Cc1cn2cc(Br)cc(C(F)(F)F)c2n1)OO. The lowest BCUT2D eigenvalue weighted by Gasteiger charge is -2.08. The van der Waals surface area contributed by atoms with Crippen molar-refractivity contribution in [3.05, 3.63) is 34.2 Å². The number of aromatic nitrogens is 2. The molecule has 5 nitrogen and oxygen atoms in total. The summed E-state index contributed by atoms with van der Waals surface area (Å²) in [6, 6.07) is 0.899. The molecule has 0 atom stereocenters. The fourth-order valence-corrected chi connectivity index (χ4v) is 2.04. The monoisotopic (exact) mass is 338 g/mol. The predicted molar refractivity (Wildman–Crippen MR) is 60.3 cm³/mol. The maximum absolute atomic E-state index is 12.8. The van der Waals surface area contributed by atoms with Gasteiger partial charge in [-0.1, -0.05) is 0 Å². The van der Waals surface area contributed by atoms with Gasteiger partial charge in [0.2, 0.25) is 0 Å². The van der Waals surface area contributed by atoms with E-state index in [0.717, 1.165) is 10.5 Å². The van der Waals surface area contributed by atoms with E-state index in [1.165, 1.54) is 12.4 Å². The molecule has 2 rings (SSSR count). The van der Waals surface area contributed by atoms with Crippen molar-refractivity contribution in [1.29, 1.82) is 0 Å². The highest BCUT2D eigenvalue weighted by atomic mass is 79.9. The highest BCUT2D eigenvalue weighted by molar-refractivity contribution is 9.10. The van der Waals surface area contributed by atoms with Gasteiger partial charge < -0.3 is 9.29 Å². The van der Waals surface area contributed by atoms with Crippen molar-refractivity contribution in [2.24, 2.45) is 0 Å². The maximum atomic E-state index is 12.8. The minimum atomic E-state index is -4.56. The topological polar surface area (TPSA) is 63.8 Å². The average Bonchev–Trinajstić information content (AvgIpc) is 2.68. The molecule has 19 heavy (non-hydrogen) atoms. The van der Waals surface area contributed by atoms with Gasteiger partial charge >= 0.3 is 12.1 Å². The first-order valence-electron chi connectivity index (χ1n) is 4.90. The number of pyridine rings is 1. The minimum absolute atomic E-state index is 0.0580. The van der Waals surface area contributed by atoms with Gasteiger partial charge in [0.15, 0.2) is 0 Å². The van der Waals surface area contributed by atoms with Gasteiger partial charge in [-0.15, -0.1) is 0 Å². The van der Waals surface area contributed by atoms with E-state index in [2.05, 4.69) is 25.8 Å². The van der Waals surface area contributed by atoms with Crippen LogP contribution in [0.15, 0.2) is 22.9 Å². The third kappa shape index (κ3) is 2.87. The lowest BCUT2D eigenvalue weighted by Crippen LogP contribution is -2.08. The van der Waals surface area contributed by atoms with Crippen molar-refractivity contribution in [1.82, 2.24) is 9.38 Å². The summed E-state index contributed by atoms with van der Waals surface area (Å²) in [6.45, 7) is 0. The summed E-state index contributed by atoms with van der Waals surface area (Å²) >= 11 is 2.97. The Kier molecular flexibility index (Phi) is 3.50. The molecule has 2 aromatic heterocycles. The summed E-state index contributed by atoms with van der Waals surface area (Å²) in [6.07, 6.45) is -2.35. The summed E-state index contributed by atoms with van der Waals surface area (Å²) in [5, 5.41) is 8.13. The molecule has 0 aromatic carbocycles. The van der Waals surface area contributed by atoms with Gasteiger partial charge in [-0.05, 0) is 22.0 Å². The molecule has 0 unspecified atom stereocenters. The molecule has 0 radical (unpaired) electrons. The third-order valence-corrected chi connectivity index (χ3v) is 2.73. The Labute approximate surface area is 112 Å². The molecule has 0 aliphatic rings. The molecule has 0 aliphatic carbocycles. The molecule has 0 aliphatic heterocycles. The van der Waals surface area contributed by atoms with Crippen LogP contribution in [0.1, 0.15) is 11.3 Å². The van der Waals surface area contributed by atoms with Crippen LogP contribution in [0.4, 0.5) is 13.2 Å². The van der Waals surface area contributed by atoms with Crippen molar-refractivity contribution < 1.29 is 28.1 Å². The summed E-state index contributed by atoms with van der Waals surface area (Å²) < 4.78 is 39.9. The number of hydrogen-bond donors (Lipinski definition) is 1. The quantitative estimate of drug-likeness (QED) is 0.675. The second-order valence-electron chi connectivity index (χ2n) is 3.67. The van der Waals surface area contributed by atoms with Crippen molar-refractivity contribution in [2.75, 3.05) is 0 Å². The molecule has 1 N–H and O–H groups in total. The molecule has 9 heteroatoms. The molecular weight excluding hydrogens is 333 g/mol. The standard InChI is InChI=1S/C10H6BrF3N2O3/c11-5-1-7(10(12,13)14)9-15-6(2-8(17)19-18)4-16(9)3-5/h1,3-4,18H,2H2. The first-order valence-corrected chi connectivity index (χ1v) is 5.69. The van der Waals surface area contributed by atoms with Gasteiger partial charge in [0.25, 0.3) is 0 Å². The molecule has 0 spiro atoms. The first-order chi connectivity index (χ1) is 8.81. The van der Waals surface area contributed by atoms with Crippen molar-refractivity contribution in [3.63, 3.8) is 0 Å². The van der Waals surface area contributed by atoms with Gasteiger partial charge in [0.1, 0.15) is 5.65 Å². The van der Waals surface area contributed by atoms with Crippen LogP contribution in [0.25, 0.3) is 5.65 Å². The molecule has 0 amide bonds. The summed E-state index contributed by atoms with van der Waals surface area (Å²) in [7, 11) is 0. The van der Waals surface area contributed by atoms with Crippen molar-refractivity contribution in [3.8, 4) is 0 Å². The van der Waals surface area contributed by atoms with Crippen molar-refractivity contribution >= 4 is 27.5 Å². The van der Waals surface area contributed by atoms with E-state index in [0.29, 0.717) is 0 Å². The molecule has 2 aromatic rings. The number of nitrogens with zero attached hydrogens (tertiary/aromatic N) is 2. The van der Waals surface area contributed by atoms with E-state index < -0.39 is 24.1 Å². The Balaban J connectivity index is 2.55. The van der Waals surface area contributed by atoms with Crippen LogP contribution in [-0.4, -0.2) is 20.6 Å². The van der Waals surface area contributed by atoms with Gasteiger partial charge in [0, 0.05) is 16.9 Å². The number of carbonyl (C=O) groups is 1. The van der Waals surface area contributed by atoms with E-state index in [1.807, 2.05) is 0 Å². The Morgan fingerprint density at radius 1 is 1.47 bits per heavy atom. The number of fused-ring (bicyclic) bond motifs is 1. The number of imidazole rings is 1. The zero-order valence-electron chi connectivity index (χ0n) is 9.11. The number of carbonyl (C=O) groups excluding carboxylic acids is 1. The van der Waals surface area contributed by atoms with Crippen molar-refractivity contribution in [2.45, 2.75) is 12.6 Å². The van der Waals surface area contributed by atoms with Gasteiger partial charge in [0.05, 0.1) is 17.7 Å². The van der Waals surface area contributed by atoms with Crippen LogP contribution in [0.5, 0.6) is 0 Å². The molecular formula is C10H6BrF3N2O3. The van der Waals surface area contributed by atoms with Crippen LogP contribution in [0.3, 0.4) is 0 Å². The van der Waals surface area contributed by atoms with E-state index in [1.54, 1.807) is 0 Å². The molecule has 2 heterocycles. The second-order valence-corrected chi connectivity index (χ2v) is 4.59. The molecule has 0 fully saturated rings. The number of hydrogen-bond acceptors (Lipinski definition) is 4. The van der Waals surface area contributed by atoms with Gasteiger partial charge in [-0.25, -0.2) is 9.78 Å². The smallest absolute Gasteiger partial charge is 0.305 e. The van der Waals surface area contributed by atoms with Crippen LogP contribution in [-0.2, 0) is 22.3 Å². The van der Waals surface area contributed by atoms with E-state index in [9.17, 15) is 18.0 Å². The highest BCUT2D eigenvalue weighted by Crippen LogP contribution is 2.34. The Morgan fingerprint density at radius 2 is 2.16 bits per heavy atom. The number of halogens is 4. The zero-order chi connectivity index (χ0) is 14.2. The fourth-order valence-electron chi connectivity index (χ4n) is 1.59.